The third-order valence-corrected chi connectivity index (χ3v) is 3.30. The Morgan fingerprint density at radius 3 is 2.09 bits per heavy atom. The summed E-state index contributed by atoms with van der Waals surface area (Å²) in [5.41, 5.74) is 0. The van der Waals surface area contributed by atoms with E-state index in [4.69, 9.17) is 14.7 Å². The van der Waals surface area contributed by atoms with E-state index in [2.05, 4.69) is 13.8 Å². The van der Waals surface area contributed by atoms with Crippen LogP contribution in [0.5, 0.6) is 0 Å². The molecule has 128 valence electrons. The van der Waals surface area contributed by atoms with E-state index < -0.39 is 53.0 Å². The molecule has 16 heteroatoms. The molecule has 0 radical (unpaired) electrons. The summed E-state index contributed by atoms with van der Waals surface area (Å²) in [6.45, 7) is -2.13. The van der Waals surface area contributed by atoms with E-state index in [1.807, 2.05) is 0 Å². The van der Waals surface area contributed by atoms with Crippen LogP contribution in [-0.2, 0) is 22.9 Å². The molecule has 1 fully saturated rings. The molecule has 0 aromatic rings. The van der Waals surface area contributed by atoms with Gasteiger partial charge in [0.15, 0.2) is 0 Å². The summed E-state index contributed by atoms with van der Waals surface area (Å²) in [6, 6.07) is 0. The van der Waals surface area contributed by atoms with Crippen LogP contribution in [0, 0.1) is 0 Å². The fourth-order valence-electron chi connectivity index (χ4n) is 1.47. The van der Waals surface area contributed by atoms with Crippen molar-refractivity contribution in [2.75, 3.05) is 13.2 Å². The van der Waals surface area contributed by atoms with Crippen LogP contribution in [0.4, 0.5) is 0 Å². The van der Waals surface area contributed by atoms with Gasteiger partial charge in [-0.15, -0.1) is 0 Å². The first kappa shape index (κ1) is 25.3. The minimum atomic E-state index is -5.21. The maximum absolute atomic E-state index is 10.5. The summed E-state index contributed by atoms with van der Waals surface area (Å²) in [5, 5.41) is 28.7. The number of rotatable bonds is 6. The molecule has 1 heterocycles. The minimum absolute atomic E-state index is 0. The molecule has 1 aliphatic rings. The fourth-order valence-corrected chi connectivity index (χ4v) is 2.16. The van der Waals surface area contributed by atoms with Crippen molar-refractivity contribution >= 4 is 15.6 Å². The Morgan fingerprint density at radius 1 is 1.18 bits per heavy atom. The summed E-state index contributed by atoms with van der Waals surface area (Å²) in [7, 11) is -10.1. The van der Waals surface area contributed by atoms with Crippen molar-refractivity contribution in [3.63, 3.8) is 0 Å². The van der Waals surface area contributed by atoms with Gasteiger partial charge >= 0.3 is 37.4 Å². The van der Waals surface area contributed by atoms with E-state index in [9.17, 15) is 29.3 Å². The van der Waals surface area contributed by atoms with Crippen molar-refractivity contribution < 1.29 is 92.8 Å². The molecule has 5 atom stereocenters. The molecule has 22 heavy (non-hydrogen) atoms. The van der Waals surface area contributed by atoms with Gasteiger partial charge in [0.2, 0.25) is 5.79 Å². The first-order valence-electron chi connectivity index (χ1n) is 4.99. The molecule has 0 aromatic heterocycles. The van der Waals surface area contributed by atoms with Crippen LogP contribution < -0.4 is 34.5 Å². The zero-order valence-corrected chi connectivity index (χ0v) is 15.0. The molecule has 0 aromatic carbocycles. The number of aliphatic hydroxyl groups excluding tert-OH is 2. The Morgan fingerprint density at radius 2 is 1.68 bits per heavy atom. The summed E-state index contributed by atoms with van der Waals surface area (Å²) in [5.74, 6) is -2.70. The maximum Gasteiger partial charge on any atom is 1.00 e. The first-order chi connectivity index (χ1) is 8.84. The van der Waals surface area contributed by atoms with Crippen LogP contribution in [0.1, 0.15) is 0 Å². The van der Waals surface area contributed by atoms with E-state index in [0.29, 0.717) is 0 Å². The van der Waals surface area contributed by atoms with Gasteiger partial charge in [0.05, 0.1) is 6.61 Å². The zero-order chi connectivity index (χ0) is 15.8. The SMILES string of the molecule is O.O=P([O-])(O)OCC1(O)O[C@H](COP(=O)(O)O)[C@@H](O)[C@@H]1O.[Na+]. The molecule has 2 unspecified atom stereocenters. The van der Waals surface area contributed by atoms with Crippen molar-refractivity contribution in [1.82, 2.24) is 0 Å². The number of phosphoric acid groups is 2. The van der Waals surface area contributed by atoms with Crippen molar-refractivity contribution in [2.45, 2.75) is 24.1 Å². The molecular weight excluding hydrogens is 365 g/mol. The molecule has 0 amide bonds. The Hall–Kier alpha value is 1.02. The van der Waals surface area contributed by atoms with E-state index in [-0.39, 0.29) is 35.0 Å². The molecule has 0 aliphatic carbocycles. The quantitative estimate of drug-likeness (QED) is 0.186. The second kappa shape index (κ2) is 8.92. The first-order valence-corrected chi connectivity index (χ1v) is 8.01. The molecule has 0 bridgehead atoms. The number of phosphoric ester groups is 2. The van der Waals surface area contributed by atoms with Crippen molar-refractivity contribution in [3.05, 3.63) is 0 Å². The smallest absolute Gasteiger partial charge is 0.756 e. The van der Waals surface area contributed by atoms with Gasteiger partial charge in [-0.3, -0.25) is 9.09 Å². The van der Waals surface area contributed by atoms with Gasteiger partial charge in [-0.05, 0) is 0 Å². The summed E-state index contributed by atoms with van der Waals surface area (Å²) in [4.78, 5) is 35.7. The van der Waals surface area contributed by atoms with Crippen molar-refractivity contribution in [2.24, 2.45) is 0 Å². The van der Waals surface area contributed by atoms with E-state index in [1.165, 1.54) is 0 Å². The molecule has 1 saturated heterocycles. The molecule has 0 saturated carbocycles. The topological polar surface area (TPSA) is 238 Å². The van der Waals surface area contributed by atoms with E-state index in [1.54, 1.807) is 0 Å². The molecule has 1 aliphatic heterocycles. The molecular formula is C6H15NaO13P2. The average molecular weight is 380 g/mol. The standard InChI is InChI=1S/C6H14O12P2.Na.H2O/c7-4-3(1-16-19(10,11)12)18-6(9,5(4)8)2-17-20(13,14)15;;/h3-5,7-9H,1-2H2,(H2,10,11,12)(H2,13,14,15);;1H2/q;+1;/p-1/t3-,4-,5+,6?;;/m1../s1. The van der Waals surface area contributed by atoms with Gasteiger partial charge in [-0.1, -0.05) is 0 Å². The third kappa shape index (κ3) is 7.73. The Kier molecular flexibility index (Phi) is 10.2. The second-order valence-corrected chi connectivity index (χ2v) is 6.40. The Balaban J connectivity index is 0. The zero-order valence-electron chi connectivity index (χ0n) is 11.2. The van der Waals surface area contributed by atoms with Gasteiger partial charge < -0.3 is 49.6 Å². The number of hydrogen-bond acceptors (Lipinski definition) is 9. The van der Waals surface area contributed by atoms with Gasteiger partial charge in [0.1, 0.15) is 24.9 Å². The van der Waals surface area contributed by atoms with Crippen LogP contribution >= 0.6 is 15.6 Å². The summed E-state index contributed by atoms with van der Waals surface area (Å²) in [6.07, 6.45) is -5.45. The van der Waals surface area contributed by atoms with Crippen LogP contribution in [0.3, 0.4) is 0 Å². The molecule has 13 nitrogen and oxygen atoms in total. The maximum atomic E-state index is 10.5. The van der Waals surface area contributed by atoms with E-state index >= 15 is 0 Å². The van der Waals surface area contributed by atoms with Crippen LogP contribution in [0.25, 0.3) is 0 Å². The number of ether oxygens (including phenoxy) is 1. The minimum Gasteiger partial charge on any atom is -0.756 e. The predicted molar refractivity (Wildman–Crippen MR) is 59.2 cm³/mol. The van der Waals surface area contributed by atoms with Crippen LogP contribution in [-0.4, -0.2) is 72.8 Å². The fraction of sp³-hybridized carbons (Fsp3) is 1.00. The number of aliphatic hydroxyl groups is 3. The van der Waals surface area contributed by atoms with E-state index in [0.717, 1.165) is 0 Å². The second-order valence-electron chi connectivity index (χ2n) is 3.96. The van der Waals surface area contributed by atoms with Crippen LogP contribution in [0.15, 0.2) is 0 Å². The van der Waals surface area contributed by atoms with Gasteiger partial charge in [0, 0.05) is 0 Å². The van der Waals surface area contributed by atoms with Crippen molar-refractivity contribution in [1.29, 1.82) is 0 Å². The number of hydrogen-bond donors (Lipinski definition) is 6. The Labute approximate surface area is 145 Å². The normalized spacial score (nSPS) is 34.4. The largest absolute Gasteiger partial charge is 1.00 e. The van der Waals surface area contributed by atoms with Crippen LogP contribution in [0.2, 0.25) is 0 Å². The Bertz CT molecular complexity index is 434. The van der Waals surface area contributed by atoms with Gasteiger partial charge in [-0.2, -0.15) is 0 Å². The predicted octanol–water partition coefficient (Wildman–Crippen LogP) is -7.44. The molecule has 8 N–H and O–H groups in total. The van der Waals surface area contributed by atoms with Gasteiger partial charge in [0.25, 0.3) is 7.82 Å². The average Bonchev–Trinajstić information content (AvgIpc) is 2.48. The van der Waals surface area contributed by atoms with Gasteiger partial charge in [-0.25, -0.2) is 4.57 Å². The van der Waals surface area contributed by atoms with Crippen molar-refractivity contribution in [3.8, 4) is 0 Å². The third-order valence-electron chi connectivity index (χ3n) is 2.36. The molecule has 0 spiro atoms. The molecule has 1 rings (SSSR count). The summed E-state index contributed by atoms with van der Waals surface area (Å²) >= 11 is 0. The monoisotopic (exact) mass is 380 g/mol. The summed E-state index contributed by atoms with van der Waals surface area (Å²) < 4.78 is 33.4.